The number of hydrogen-bond acceptors (Lipinski definition) is 6. The summed E-state index contributed by atoms with van der Waals surface area (Å²) in [7, 11) is 0. The second kappa shape index (κ2) is 8.16. The molecule has 7 heteroatoms. The van der Waals surface area contributed by atoms with E-state index in [0.717, 1.165) is 57.5 Å². The fraction of sp³-hybridized carbons (Fsp3) is 0.474. The third-order valence-corrected chi connectivity index (χ3v) is 5.84. The monoisotopic (exact) mass is 372 g/mol. The number of thiazole rings is 1. The Balaban J connectivity index is 1.30. The lowest BCUT2D eigenvalue weighted by Gasteiger charge is -2.28. The van der Waals surface area contributed by atoms with E-state index in [9.17, 15) is 4.79 Å². The van der Waals surface area contributed by atoms with Gasteiger partial charge >= 0.3 is 0 Å². The Morgan fingerprint density at radius 2 is 2.00 bits per heavy atom. The molecule has 138 valence electrons. The molecule has 2 aliphatic heterocycles. The number of carbonyl (C=O) groups excluding carboxylic acids is 1. The summed E-state index contributed by atoms with van der Waals surface area (Å²) in [6, 6.07) is 8.55. The topological polar surface area (TPSA) is 57.7 Å². The molecule has 1 aromatic heterocycles. The van der Waals surface area contributed by atoms with E-state index < -0.39 is 0 Å². The number of benzene rings is 1. The van der Waals surface area contributed by atoms with E-state index in [-0.39, 0.29) is 5.91 Å². The summed E-state index contributed by atoms with van der Waals surface area (Å²) in [5, 5.41) is 5.77. The molecule has 1 N–H and O–H groups in total. The van der Waals surface area contributed by atoms with Crippen LogP contribution in [-0.4, -0.2) is 61.7 Å². The quantitative estimate of drug-likeness (QED) is 0.867. The van der Waals surface area contributed by atoms with Crippen molar-refractivity contribution in [2.45, 2.75) is 13.0 Å². The maximum Gasteiger partial charge on any atom is 0.270 e. The van der Waals surface area contributed by atoms with Gasteiger partial charge in [0.15, 0.2) is 5.13 Å². The minimum atomic E-state index is -0.0850. The molecule has 4 rings (SSSR count). The summed E-state index contributed by atoms with van der Waals surface area (Å²) in [5.41, 5.74) is 3.29. The molecule has 0 radical (unpaired) electrons. The predicted molar refractivity (Wildman–Crippen MR) is 103 cm³/mol. The van der Waals surface area contributed by atoms with Gasteiger partial charge in [-0.05, 0) is 17.5 Å². The van der Waals surface area contributed by atoms with Crippen molar-refractivity contribution in [2.24, 2.45) is 0 Å². The Hall–Kier alpha value is -1.96. The van der Waals surface area contributed by atoms with Crippen LogP contribution in [0.15, 0.2) is 29.6 Å². The van der Waals surface area contributed by atoms with Gasteiger partial charge in [0, 0.05) is 44.6 Å². The van der Waals surface area contributed by atoms with Crippen LogP contribution in [0, 0.1) is 0 Å². The summed E-state index contributed by atoms with van der Waals surface area (Å²) >= 11 is 1.55. The molecule has 26 heavy (non-hydrogen) atoms. The maximum atomic E-state index is 12.4. The Bertz CT molecular complexity index is 758. The molecule has 0 spiro atoms. The normalized spacial score (nSPS) is 17.8. The lowest BCUT2D eigenvalue weighted by atomic mass is 10.0. The van der Waals surface area contributed by atoms with Crippen molar-refractivity contribution in [2.75, 3.05) is 50.8 Å². The molecule has 1 amide bonds. The average molecular weight is 372 g/mol. The average Bonchev–Trinajstić information content (AvgIpc) is 3.19. The van der Waals surface area contributed by atoms with Crippen molar-refractivity contribution in [3.8, 4) is 0 Å². The number of rotatable bonds is 5. The van der Waals surface area contributed by atoms with Crippen LogP contribution < -0.4 is 10.2 Å². The van der Waals surface area contributed by atoms with Crippen LogP contribution in [0.5, 0.6) is 0 Å². The number of ether oxygens (including phenoxy) is 1. The maximum absolute atomic E-state index is 12.4. The molecule has 1 fully saturated rings. The first-order valence-electron chi connectivity index (χ1n) is 9.15. The van der Waals surface area contributed by atoms with Gasteiger partial charge in [-0.1, -0.05) is 24.3 Å². The van der Waals surface area contributed by atoms with Crippen LogP contribution in [0.25, 0.3) is 0 Å². The molecule has 0 unspecified atom stereocenters. The highest BCUT2D eigenvalue weighted by Gasteiger charge is 2.20. The van der Waals surface area contributed by atoms with Crippen LogP contribution in [-0.2, 0) is 17.7 Å². The molecule has 0 atom stereocenters. The van der Waals surface area contributed by atoms with E-state index in [2.05, 4.69) is 44.4 Å². The van der Waals surface area contributed by atoms with E-state index in [4.69, 9.17) is 4.74 Å². The zero-order chi connectivity index (χ0) is 17.8. The van der Waals surface area contributed by atoms with Crippen molar-refractivity contribution in [3.63, 3.8) is 0 Å². The van der Waals surface area contributed by atoms with Gasteiger partial charge in [0.2, 0.25) is 0 Å². The molecule has 1 saturated heterocycles. The van der Waals surface area contributed by atoms with Crippen molar-refractivity contribution < 1.29 is 9.53 Å². The molecule has 2 aliphatic rings. The smallest absolute Gasteiger partial charge is 0.270 e. The van der Waals surface area contributed by atoms with Gasteiger partial charge in [-0.25, -0.2) is 4.98 Å². The van der Waals surface area contributed by atoms with Gasteiger partial charge in [0.1, 0.15) is 5.69 Å². The highest BCUT2D eigenvalue weighted by molar-refractivity contribution is 7.13. The zero-order valence-corrected chi connectivity index (χ0v) is 15.6. The SMILES string of the molecule is O=C(NCCN1CCOCC1)c1csc(N2CCc3ccccc3C2)n1. The molecule has 6 nitrogen and oxygen atoms in total. The second-order valence-corrected chi connectivity index (χ2v) is 7.50. The van der Waals surface area contributed by atoms with Crippen molar-refractivity contribution >= 4 is 22.4 Å². The predicted octanol–water partition coefficient (Wildman–Crippen LogP) is 1.77. The van der Waals surface area contributed by atoms with Gasteiger partial charge in [-0.15, -0.1) is 11.3 Å². The van der Waals surface area contributed by atoms with E-state index in [1.165, 1.54) is 11.1 Å². The summed E-state index contributed by atoms with van der Waals surface area (Å²) in [6.07, 6.45) is 1.02. The third kappa shape index (κ3) is 4.06. The van der Waals surface area contributed by atoms with Crippen LogP contribution in [0.1, 0.15) is 21.6 Å². The number of nitrogens with zero attached hydrogens (tertiary/aromatic N) is 3. The number of fused-ring (bicyclic) bond motifs is 1. The van der Waals surface area contributed by atoms with E-state index in [1.54, 1.807) is 11.3 Å². The number of nitrogens with one attached hydrogen (secondary N) is 1. The van der Waals surface area contributed by atoms with Crippen LogP contribution in [0.4, 0.5) is 5.13 Å². The minimum Gasteiger partial charge on any atom is -0.379 e. The summed E-state index contributed by atoms with van der Waals surface area (Å²) in [5.74, 6) is -0.0850. The van der Waals surface area contributed by atoms with Gasteiger partial charge in [0.05, 0.1) is 13.2 Å². The van der Waals surface area contributed by atoms with Crippen LogP contribution in [0.2, 0.25) is 0 Å². The number of morpholine rings is 1. The Labute approximate surface area is 157 Å². The first-order chi connectivity index (χ1) is 12.8. The number of hydrogen-bond donors (Lipinski definition) is 1. The third-order valence-electron chi connectivity index (χ3n) is 4.94. The molecule has 0 saturated carbocycles. The van der Waals surface area contributed by atoms with Gasteiger partial charge < -0.3 is 15.0 Å². The highest BCUT2D eigenvalue weighted by atomic mass is 32.1. The molecule has 2 aromatic rings. The van der Waals surface area contributed by atoms with Crippen molar-refractivity contribution in [3.05, 3.63) is 46.5 Å². The Kier molecular flexibility index (Phi) is 5.48. The lowest BCUT2D eigenvalue weighted by Crippen LogP contribution is -2.41. The molecule has 0 aliphatic carbocycles. The highest BCUT2D eigenvalue weighted by Crippen LogP contribution is 2.27. The summed E-state index contributed by atoms with van der Waals surface area (Å²) < 4.78 is 5.34. The van der Waals surface area contributed by atoms with Crippen LogP contribution >= 0.6 is 11.3 Å². The van der Waals surface area contributed by atoms with Crippen molar-refractivity contribution in [1.29, 1.82) is 0 Å². The Morgan fingerprint density at radius 1 is 1.19 bits per heavy atom. The van der Waals surface area contributed by atoms with Crippen molar-refractivity contribution in [1.82, 2.24) is 15.2 Å². The minimum absolute atomic E-state index is 0.0850. The zero-order valence-electron chi connectivity index (χ0n) is 14.8. The molecule has 1 aromatic carbocycles. The van der Waals surface area contributed by atoms with Gasteiger partial charge in [-0.3, -0.25) is 9.69 Å². The van der Waals surface area contributed by atoms with E-state index in [1.807, 2.05) is 5.38 Å². The number of anilines is 1. The van der Waals surface area contributed by atoms with Gasteiger partial charge in [0.25, 0.3) is 5.91 Å². The number of amides is 1. The van der Waals surface area contributed by atoms with Gasteiger partial charge in [-0.2, -0.15) is 0 Å². The molecule has 3 heterocycles. The van der Waals surface area contributed by atoms with Crippen LogP contribution in [0.3, 0.4) is 0 Å². The van der Waals surface area contributed by atoms with E-state index >= 15 is 0 Å². The number of carbonyl (C=O) groups is 1. The standard InChI is InChI=1S/C19H24N4O2S/c24-18(20-6-8-22-9-11-25-12-10-22)17-14-26-19(21-17)23-7-5-15-3-1-2-4-16(15)13-23/h1-4,14H,5-13H2,(H,20,24). The number of aromatic nitrogens is 1. The first kappa shape index (κ1) is 17.5. The Morgan fingerprint density at radius 3 is 2.85 bits per heavy atom. The largest absolute Gasteiger partial charge is 0.379 e. The lowest BCUT2D eigenvalue weighted by molar-refractivity contribution is 0.0383. The molecular weight excluding hydrogens is 348 g/mol. The first-order valence-corrected chi connectivity index (χ1v) is 10.0. The van der Waals surface area contributed by atoms with E-state index in [0.29, 0.717) is 12.2 Å². The summed E-state index contributed by atoms with van der Waals surface area (Å²) in [4.78, 5) is 21.5. The molecule has 0 bridgehead atoms. The fourth-order valence-electron chi connectivity index (χ4n) is 3.42. The second-order valence-electron chi connectivity index (χ2n) is 6.67. The molecular formula is C19H24N4O2S. The fourth-order valence-corrected chi connectivity index (χ4v) is 4.25. The summed E-state index contributed by atoms with van der Waals surface area (Å²) in [6.45, 7) is 6.74.